The predicted molar refractivity (Wildman–Crippen MR) is 200 cm³/mol. The quantitative estimate of drug-likeness (QED) is 0.182. The lowest BCUT2D eigenvalue weighted by molar-refractivity contribution is 0.0702. The molecule has 1 aromatic heterocycles. The van der Waals surface area contributed by atoms with Crippen LogP contribution in [0.1, 0.15) is 69.1 Å². The summed E-state index contributed by atoms with van der Waals surface area (Å²) in [4.78, 5) is 15.3. The van der Waals surface area contributed by atoms with Crippen LogP contribution in [-0.4, -0.2) is 15.0 Å². The monoisotopic (exact) mass is 638 g/mol. The summed E-state index contributed by atoms with van der Waals surface area (Å²) in [6.45, 7) is 6.97. The second-order valence-corrected chi connectivity index (χ2v) is 14.7. The van der Waals surface area contributed by atoms with E-state index in [0.29, 0.717) is 23.0 Å². The molecule has 2 aliphatic carbocycles. The van der Waals surface area contributed by atoms with Crippen molar-refractivity contribution in [3.63, 3.8) is 0 Å². The van der Waals surface area contributed by atoms with Crippen LogP contribution in [0.5, 0.6) is 0 Å². The maximum atomic E-state index is 9.84. The van der Waals surface area contributed by atoms with Crippen molar-refractivity contribution in [3.05, 3.63) is 126 Å². The Balaban J connectivity index is 1.24. The average Bonchev–Trinajstić information content (AvgIpc) is 3.14. The van der Waals surface area contributed by atoms with E-state index >= 15 is 0 Å². The molecule has 0 saturated heterocycles. The zero-order valence-electron chi connectivity index (χ0n) is 28.7. The third-order valence-corrected chi connectivity index (χ3v) is 11.3. The molecule has 1 heterocycles. The minimum absolute atomic E-state index is 0.273. The van der Waals surface area contributed by atoms with Gasteiger partial charge in [-0.2, -0.15) is 5.26 Å². The fourth-order valence-electron chi connectivity index (χ4n) is 9.12. The van der Waals surface area contributed by atoms with E-state index in [1.807, 2.05) is 36.4 Å². The zero-order valence-corrected chi connectivity index (χ0v) is 28.7. The molecule has 242 valence electrons. The SMILES string of the molecule is CC[C@@H]1C[C@@H]2C[C@H](C)CC(c3ccc(-c4nc(-c5cccc(-c6ccccc6C)c5)nc(-c5ccc6cccc(C#N)c6c5)n4)cc3)(C1)C2. The molecule has 2 fully saturated rings. The second kappa shape index (κ2) is 12.7. The number of nitriles is 1. The molecule has 0 N–H and O–H groups in total. The van der Waals surface area contributed by atoms with Crippen molar-refractivity contribution in [3.8, 4) is 51.4 Å². The van der Waals surface area contributed by atoms with Crippen LogP contribution >= 0.6 is 0 Å². The van der Waals surface area contributed by atoms with Gasteiger partial charge in [0, 0.05) is 22.1 Å². The topological polar surface area (TPSA) is 62.5 Å². The standard InChI is InChI=1S/C45H42N4/c1-4-31-22-32-21-29(2)25-45(26-31,27-32)39-19-17-34(18-20-39)42-47-43(36-12-8-11-35(23-36)40-14-6-5-9-30(40)3)49-44(48-42)37-16-15-33-10-7-13-38(28-46)41(33)24-37/h5-20,23-24,29,31-32H,4,21-22,25-27H2,1-3H3/t29-,31+,32-,45?/m0/s1. The third-order valence-electron chi connectivity index (χ3n) is 11.3. The minimum Gasteiger partial charge on any atom is -0.208 e. The number of fused-ring (bicyclic) bond motifs is 3. The van der Waals surface area contributed by atoms with Crippen molar-refractivity contribution >= 4 is 10.8 Å². The number of rotatable bonds is 6. The summed E-state index contributed by atoms with van der Waals surface area (Å²) >= 11 is 0. The van der Waals surface area contributed by atoms with Gasteiger partial charge >= 0.3 is 0 Å². The van der Waals surface area contributed by atoms with Gasteiger partial charge < -0.3 is 0 Å². The summed E-state index contributed by atoms with van der Waals surface area (Å²) in [6, 6.07) is 40.4. The fraction of sp³-hybridized carbons (Fsp3) is 0.289. The Morgan fingerprint density at radius 1 is 0.694 bits per heavy atom. The Hall–Kier alpha value is -5.14. The zero-order chi connectivity index (χ0) is 33.5. The van der Waals surface area contributed by atoms with Crippen molar-refractivity contribution in [2.24, 2.45) is 17.8 Å². The van der Waals surface area contributed by atoms with Crippen LogP contribution in [0.15, 0.2) is 109 Å². The van der Waals surface area contributed by atoms with E-state index in [4.69, 9.17) is 15.0 Å². The lowest BCUT2D eigenvalue weighted by Gasteiger charge is -2.51. The Morgan fingerprint density at radius 2 is 1.39 bits per heavy atom. The van der Waals surface area contributed by atoms with E-state index in [0.717, 1.165) is 50.8 Å². The van der Waals surface area contributed by atoms with Crippen LogP contribution in [0.25, 0.3) is 56.1 Å². The van der Waals surface area contributed by atoms with Gasteiger partial charge in [0.2, 0.25) is 0 Å². The first-order chi connectivity index (χ1) is 23.9. The molecule has 0 aliphatic heterocycles. The molecular weight excluding hydrogens is 597 g/mol. The van der Waals surface area contributed by atoms with E-state index in [1.165, 1.54) is 55.2 Å². The molecular formula is C45H42N4. The van der Waals surface area contributed by atoms with Gasteiger partial charge in [-0.1, -0.05) is 111 Å². The van der Waals surface area contributed by atoms with Gasteiger partial charge in [0.1, 0.15) is 0 Å². The highest BCUT2D eigenvalue weighted by molar-refractivity contribution is 5.91. The van der Waals surface area contributed by atoms with Gasteiger partial charge in [-0.3, -0.25) is 0 Å². The van der Waals surface area contributed by atoms with Crippen molar-refractivity contribution in [1.82, 2.24) is 15.0 Å². The fourth-order valence-corrected chi connectivity index (χ4v) is 9.12. The molecule has 49 heavy (non-hydrogen) atoms. The molecule has 2 saturated carbocycles. The highest BCUT2D eigenvalue weighted by Crippen LogP contribution is 2.54. The highest BCUT2D eigenvalue weighted by Gasteiger charge is 2.45. The van der Waals surface area contributed by atoms with Crippen LogP contribution in [0.2, 0.25) is 0 Å². The summed E-state index contributed by atoms with van der Waals surface area (Å²) in [7, 11) is 0. The largest absolute Gasteiger partial charge is 0.208 e. The van der Waals surface area contributed by atoms with Crippen molar-refractivity contribution in [2.45, 2.75) is 64.7 Å². The Bertz CT molecular complexity index is 2210. The van der Waals surface area contributed by atoms with Gasteiger partial charge in [0.25, 0.3) is 0 Å². The Morgan fingerprint density at radius 3 is 2.14 bits per heavy atom. The molecule has 1 unspecified atom stereocenters. The van der Waals surface area contributed by atoms with Crippen molar-refractivity contribution in [1.29, 1.82) is 5.26 Å². The second-order valence-electron chi connectivity index (χ2n) is 14.7. The van der Waals surface area contributed by atoms with Gasteiger partial charge in [0.05, 0.1) is 11.6 Å². The van der Waals surface area contributed by atoms with Crippen LogP contribution in [0, 0.1) is 36.0 Å². The van der Waals surface area contributed by atoms with E-state index in [9.17, 15) is 5.26 Å². The lowest BCUT2D eigenvalue weighted by Crippen LogP contribution is -2.42. The van der Waals surface area contributed by atoms with Gasteiger partial charge in [-0.15, -0.1) is 0 Å². The smallest absolute Gasteiger partial charge is 0.164 e. The van der Waals surface area contributed by atoms with Crippen LogP contribution in [0.3, 0.4) is 0 Å². The summed E-state index contributed by atoms with van der Waals surface area (Å²) in [5, 5.41) is 11.8. The third kappa shape index (κ3) is 5.93. The molecule has 2 aliphatic rings. The maximum Gasteiger partial charge on any atom is 0.164 e. The van der Waals surface area contributed by atoms with Gasteiger partial charge in [-0.05, 0) is 108 Å². The molecule has 0 amide bonds. The first-order valence-electron chi connectivity index (χ1n) is 17.9. The summed E-state index contributed by atoms with van der Waals surface area (Å²) in [5.74, 6) is 4.32. The summed E-state index contributed by atoms with van der Waals surface area (Å²) in [6.07, 6.45) is 7.94. The molecule has 0 spiro atoms. The first-order valence-corrected chi connectivity index (χ1v) is 17.9. The van der Waals surface area contributed by atoms with Crippen molar-refractivity contribution in [2.75, 3.05) is 0 Å². The predicted octanol–water partition coefficient (Wildman–Crippen LogP) is 11.4. The summed E-state index contributed by atoms with van der Waals surface area (Å²) < 4.78 is 0. The number of hydrogen-bond acceptors (Lipinski definition) is 4. The Kier molecular flexibility index (Phi) is 8.08. The molecule has 4 atom stereocenters. The Labute approximate surface area is 289 Å². The number of aromatic nitrogens is 3. The average molecular weight is 639 g/mol. The molecule has 2 bridgehead atoms. The van der Waals surface area contributed by atoms with E-state index in [2.05, 4.69) is 99.6 Å². The van der Waals surface area contributed by atoms with Gasteiger partial charge in [-0.25, -0.2) is 15.0 Å². The number of nitrogens with zero attached hydrogens (tertiary/aromatic N) is 4. The summed E-state index contributed by atoms with van der Waals surface area (Å²) in [5.41, 5.74) is 8.73. The van der Waals surface area contributed by atoms with Crippen LogP contribution < -0.4 is 0 Å². The number of aryl methyl sites for hydroxylation is 1. The highest BCUT2D eigenvalue weighted by atomic mass is 15.0. The van der Waals surface area contributed by atoms with Gasteiger partial charge in [0.15, 0.2) is 17.5 Å². The number of benzene rings is 5. The maximum absolute atomic E-state index is 9.84. The van der Waals surface area contributed by atoms with E-state index in [1.54, 1.807) is 0 Å². The minimum atomic E-state index is 0.273. The molecule has 4 heteroatoms. The van der Waals surface area contributed by atoms with E-state index < -0.39 is 0 Å². The van der Waals surface area contributed by atoms with Crippen LogP contribution in [-0.2, 0) is 5.41 Å². The normalized spacial score (nSPS) is 21.7. The van der Waals surface area contributed by atoms with Crippen LogP contribution in [0.4, 0.5) is 0 Å². The number of hydrogen-bond donors (Lipinski definition) is 0. The molecule has 0 radical (unpaired) electrons. The molecule has 5 aromatic carbocycles. The molecule has 4 nitrogen and oxygen atoms in total. The van der Waals surface area contributed by atoms with E-state index in [-0.39, 0.29) is 5.41 Å². The first kappa shape index (κ1) is 31.1. The molecule has 6 aromatic rings. The lowest BCUT2D eigenvalue weighted by atomic mass is 9.54. The molecule has 8 rings (SSSR count). The van der Waals surface area contributed by atoms with Crippen molar-refractivity contribution < 1.29 is 0 Å².